The van der Waals surface area contributed by atoms with Gasteiger partial charge in [0.2, 0.25) is 0 Å². The third-order valence-electron chi connectivity index (χ3n) is 1.51. The zero-order valence-electron chi connectivity index (χ0n) is 18.0. The van der Waals surface area contributed by atoms with Crippen LogP contribution in [-0.2, 0) is 28.8 Å². The monoisotopic (exact) mass is 644 g/mol. The van der Waals surface area contributed by atoms with E-state index in [-0.39, 0.29) is 6.42 Å². The summed E-state index contributed by atoms with van der Waals surface area (Å²) in [7, 11) is 0. The van der Waals surface area contributed by atoms with Crippen LogP contribution in [0.3, 0.4) is 0 Å². The first-order valence-corrected chi connectivity index (χ1v) is 7.71. The second-order valence-corrected chi connectivity index (χ2v) is 4.76. The van der Waals surface area contributed by atoms with Gasteiger partial charge in [-0.2, -0.15) is 65.9 Å². The maximum Gasteiger partial charge on any atom is 0.490 e. The van der Waals surface area contributed by atoms with Crippen LogP contribution >= 0.6 is 0 Å². The molecule has 0 rings (SSSR count). The highest BCUT2D eigenvalue weighted by Gasteiger charge is 2.40. The van der Waals surface area contributed by atoms with Gasteiger partial charge in [0.25, 0.3) is 0 Å². The van der Waals surface area contributed by atoms with Crippen molar-refractivity contribution < 1.29 is 125 Å². The number of carboxylic acids is 6. The summed E-state index contributed by atoms with van der Waals surface area (Å²) < 4.78 is 159. The Kier molecular flexibility index (Phi) is 24.1. The van der Waals surface area contributed by atoms with Crippen molar-refractivity contribution in [3.8, 4) is 0 Å². The van der Waals surface area contributed by atoms with Gasteiger partial charge in [0.05, 0.1) is 0 Å². The number of halogens is 15. The molecule has 0 radical (unpaired) electrons. The zero-order chi connectivity index (χ0) is 34.7. The highest BCUT2D eigenvalue weighted by molar-refractivity contribution is 5.74. The molecule has 0 saturated heterocycles. The van der Waals surface area contributed by atoms with Crippen LogP contribution in [0.15, 0.2) is 0 Å². The first-order chi connectivity index (χ1) is 17.0. The van der Waals surface area contributed by atoms with Gasteiger partial charge < -0.3 is 30.6 Å². The standard InChI is InChI=1S/C3H6O2.5C2HF3O2/c1-2-3(4)5;5*3-2(4,5)1(6)7/h2H2,1H3,(H,4,5);5*(H,6,7). The summed E-state index contributed by atoms with van der Waals surface area (Å²) in [5.74, 6) is -14.5. The van der Waals surface area contributed by atoms with E-state index in [9.17, 15) is 70.7 Å². The molecular weight excluding hydrogens is 633 g/mol. The Hall–Kier alpha value is -4.23. The lowest BCUT2D eigenvalue weighted by molar-refractivity contribution is -0.193. The van der Waals surface area contributed by atoms with Gasteiger partial charge in [-0.3, -0.25) is 4.79 Å². The zero-order valence-corrected chi connectivity index (χ0v) is 18.0. The molecule has 6 N–H and O–H groups in total. The Morgan fingerprint density at radius 3 is 0.425 bits per heavy atom. The number of alkyl halides is 15. The molecule has 0 aliphatic carbocycles. The third-order valence-corrected chi connectivity index (χ3v) is 1.51. The number of aliphatic carboxylic acids is 6. The Morgan fingerprint density at radius 2 is 0.425 bits per heavy atom. The Morgan fingerprint density at radius 1 is 0.375 bits per heavy atom. The molecule has 0 aromatic carbocycles. The SMILES string of the molecule is CCC(=O)O.O=C(O)C(F)(F)F.O=C(O)C(F)(F)F.O=C(O)C(F)(F)F.O=C(O)C(F)(F)F.O=C(O)C(F)(F)F. The third kappa shape index (κ3) is 47.0. The smallest absolute Gasteiger partial charge is 0.481 e. The van der Waals surface area contributed by atoms with Crippen LogP contribution in [0, 0.1) is 0 Å². The number of hydrogen-bond acceptors (Lipinski definition) is 6. The van der Waals surface area contributed by atoms with Crippen LogP contribution in [0.25, 0.3) is 0 Å². The van der Waals surface area contributed by atoms with E-state index in [2.05, 4.69) is 0 Å². The largest absolute Gasteiger partial charge is 0.490 e. The lowest BCUT2D eigenvalue weighted by Gasteiger charge is -1.93. The minimum absolute atomic E-state index is 0.222. The summed E-state index contributed by atoms with van der Waals surface area (Å²) in [6.45, 7) is 1.60. The molecule has 240 valence electrons. The molecule has 0 saturated carbocycles. The molecule has 0 unspecified atom stereocenters. The summed E-state index contributed by atoms with van der Waals surface area (Å²) >= 11 is 0. The summed E-state index contributed by atoms with van der Waals surface area (Å²) in [6.07, 6.45) is -25.2. The molecule has 40 heavy (non-hydrogen) atoms. The van der Waals surface area contributed by atoms with Crippen molar-refractivity contribution in [2.75, 3.05) is 0 Å². The van der Waals surface area contributed by atoms with Crippen LogP contribution in [-0.4, -0.2) is 97.3 Å². The molecule has 0 atom stereocenters. The van der Waals surface area contributed by atoms with E-state index in [0.717, 1.165) is 0 Å². The van der Waals surface area contributed by atoms with E-state index in [4.69, 9.17) is 54.6 Å². The van der Waals surface area contributed by atoms with Crippen LogP contribution in [0.4, 0.5) is 65.9 Å². The average Bonchev–Trinajstić information content (AvgIpc) is 2.66. The van der Waals surface area contributed by atoms with Crippen molar-refractivity contribution in [1.29, 1.82) is 0 Å². The van der Waals surface area contributed by atoms with E-state index in [1.54, 1.807) is 6.92 Å². The molecule has 0 heterocycles. The minimum Gasteiger partial charge on any atom is -0.481 e. The maximum absolute atomic E-state index is 10.6. The van der Waals surface area contributed by atoms with E-state index in [0.29, 0.717) is 0 Å². The van der Waals surface area contributed by atoms with E-state index < -0.39 is 66.7 Å². The van der Waals surface area contributed by atoms with Gasteiger partial charge >= 0.3 is 66.7 Å². The number of carbonyl (C=O) groups is 6. The van der Waals surface area contributed by atoms with E-state index in [1.807, 2.05) is 0 Å². The minimum atomic E-state index is -5.08. The average molecular weight is 644 g/mol. The van der Waals surface area contributed by atoms with Crippen molar-refractivity contribution >= 4 is 35.8 Å². The van der Waals surface area contributed by atoms with Crippen molar-refractivity contribution in [2.24, 2.45) is 0 Å². The van der Waals surface area contributed by atoms with Crippen LogP contribution in [0.1, 0.15) is 13.3 Å². The Labute approximate surface area is 206 Å². The fraction of sp³-hybridized carbons (Fsp3) is 0.538. The number of hydrogen-bond donors (Lipinski definition) is 6. The molecule has 0 fully saturated rings. The molecule has 0 aliphatic rings. The number of rotatable bonds is 1. The molecule has 0 spiro atoms. The van der Waals surface area contributed by atoms with Crippen LogP contribution < -0.4 is 0 Å². The van der Waals surface area contributed by atoms with Gasteiger partial charge in [0.15, 0.2) is 0 Å². The predicted octanol–water partition coefficient (Wildman–Crippen LogP) is 3.65. The van der Waals surface area contributed by atoms with Crippen molar-refractivity contribution in [3.63, 3.8) is 0 Å². The second-order valence-electron chi connectivity index (χ2n) is 4.76. The molecule has 0 aromatic heterocycles. The van der Waals surface area contributed by atoms with Gasteiger partial charge in [0, 0.05) is 6.42 Å². The molecule has 12 nitrogen and oxygen atoms in total. The lowest BCUT2D eigenvalue weighted by atomic mass is 10.5. The predicted molar refractivity (Wildman–Crippen MR) is 86.4 cm³/mol. The van der Waals surface area contributed by atoms with Crippen molar-refractivity contribution in [1.82, 2.24) is 0 Å². The normalized spacial score (nSPS) is 10.8. The quantitative estimate of drug-likeness (QED) is 0.225. The molecule has 0 bridgehead atoms. The lowest BCUT2D eigenvalue weighted by Crippen LogP contribution is -2.21. The summed E-state index contributed by atoms with van der Waals surface area (Å²) in [5, 5.41) is 43.3. The summed E-state index contributed by atoms with van der Waals surface area (Å²) in [4.78, 5) is 53.8. The Balaban J connectivity index is -0.0000000870. The Bertz CT molecular complexity index is 665. The van der Waals surface area contributed by atoms with Crippen molar-refractivity contribution in [2.45, 2.75) is 44.2 Å². The maximum atomic E-state index is 10.6. The van der Waals surface area contributed by atoms with Gasteiger partial charge in [-0.1, -0.05) is 6.92 Å². The molecule has 0 amide bonds. The number of carboxylic acid groups (broad SMARTS) is 6. The van der Waals surface area contributed by atoms with Gasteiger partial charge in [0.1, 0.15) is 0 Å². The second kappa shape index (κ2) is 19.8. The highest BCUT2D eigenvalue weighted by atomic mass is 19.4. The molecule has 0 aliphatic heterocycles. The fourth-order valence-electron chi connectivity index (χ4n) is 0. The van der Waals surface area contributed by atoms with E-state index >= 15 is 0 Å². The fourth-order valence-corrected chi connectivity index (χ4v) is 0. The van der Waals surface area contributed by atoms with Crippen LogP contribution in [0.5, 0.6) is 0 Å². The first-order valence-electron chi connectivity index (χ1n) is 7.71. The molecule has 27 heteroatoms. The van der Waals surface area contributed by atoms with Gasteiger partial charge in [-0.05, 0) is 0 Å². The van der Waals surface area contributed by atoms with Gasteiger partial charge in [-0.15, -0.1) is 0 Å². The van der Waals surface area contributed by atoms with Crippen molar-refractivity contribution in [3.05, 3.63) is 0 Å². The highest BCUT2D eigenvalue weighted by Crippen LogP contribution is 2.15. The summed E-state index contributed by atoms with van der Waals surface area (Å²) in [5.41, 5.74) is 0. The first kappa shape index (κ1) is 48.8. The van der Waals surface area contributed by atoms with E-state index in [1.165, 1.54) is 0 Å². The summed E-state index contributed by atoms with van der Waals surface area (Å²) in [6, 6.07) is 0. The molecular formula is C13H11F15O12. The topological polar surface area (TPSA) is 224 Å². The van der Waals surface area contributed by atoms with Crippen LogP contribution in [0.2, 0.25) is 0 Å². The van der Waals surface area contributed by atoms with Gasteiger partial charge in [-0.25, -0.2) is 24.0 Å². The molecule has 0 aromatic rings.